The van der Waals surface area contributed by atoms with Crippen LogP contribution in [0.1, 0.15) is 6.92 Å². The number of hydrogen-bond acceptors (Lipinski definition) is 4. The molecule has 2 atom stereocenters. The highest BCUT2D eigenvalue weighted by Crippen LogP contribution is 2.21. The van der Waals surface area contributed by atoms with Crippen LogP contribution in [0.5, 0.6) is 0 Å². The maximum atomic E-state index is 9.19. The predicted octanol–water partition coefficient (Wildman–Crippen LogP) is -0.286. The number of aliphatic hydroxyl groups is 1. The summed E-state index contributed by atoms with van der Waals surface area (Å²) in [6.45, 7) is 2.35. The molecule has 1 aliphatic rings. The fraction of sp³-hybridized carbons (Fsp3) is 1.00. The number of rotatable bonds is 2. The molecule has 0 saturated carbocycles. The summed E-state index contributed by atoms with van der Waals surface area (Å²) in [5.41, 5.74) is -0.686. The topological polar surface area (TPSA) is 47.9 Å². The van der Waals surface area contributed by atoms with E-state index in [1.54, 1.807) is 6.92 Å². The van der Waals surface area contributed by atoms with E-state index < -0.39 is 11.9 Å². The van der Waals surface area contributed by atoms with E-state index in [1.165, 1.54) is 7.11 Å². The lowest BCUT2D eigenvalue weighted by Gasteiger charge is -2.25. The molecule has 1 rings (SSSR count). The Morgan fingerprint density at radius 2 is 2.40 bits per heavy atom. The van der Waals surface area contributed by atoms with Crippen molar-refractivity contribution in [3.05, 3.63) is 0 Å². The van der Waals surface area contributed by atoms with Gasteiger partial charge in [0.1, 0.15) is 12.4 Å². The minimum absolute atomic E-state index is 0.233. The molecule has 1 N–H and O–H groups in total. The summed E-state index contributed by atoms with van der Waals surface area (Å²) in [5, 5.41) is 9.19. The Hall–Kier alpha value is -0.160. The van der Waals surface area contributed by atoms with E-state index >= 15 is 0 Å². The summed E-state index contributed by atoms with van der Waals surface area (Å²) in [6.07, 6.45) is -0.907. The smallest absolute Gasteiger partial charge is 0.185 e. The molecule has 0 aromatic carbocycles. The first-order valence-electron chi connectivity index (χ1n) is 3.11. The first kappa shape index (κ1) is 7.94. The molecule has 0 radical (unpaired) electrons. The third-order valence-electron chi connectivity index (χ3n) is 1.61. The van der Waals surface area contributed by atoms with Crippen molar-refractivity contribution in [2.24, 2.45) is 0 Å². The molecule has 1 fully saturated rings. The van der Waals surface area contributed by atoms with Crippen molar-refractivity contribution >= 4 is 0 Å². The summed E-state index contributed by atoms with van der Waals surface area (Å²) in [7, 11) is 1.43. The molecule has 2 unspecified atom stereocenters. The predicted molar refractivity (Wildman–Crippen MR) is 33.3 cm³/mol. The average Bonchev–Trinajstić information content (AvgIpc) is 2.36. The van der Waals surface area contributed by atoms with Crippen LogP contribution >= 0.6 is 0 Å². The van der Waals surface area contributed by atoms with Crippen molar-refractivity contribution in [3.8, 4) is 0 Å². The third-order valence-corrected chi connectivity index (χ3v) is 1.61. The van der Waals surface area contributed by atoms with Crippen LogP contribution in [0, 0.1) is 0 Å². The van der Waals surface area contributed by atoms with Crippen molar-refractivity contribution in [2.75, 3.05) is 20.5 Å². The van der Waals surface area contributed by atoms with Crippen LogP contribution in [0.15, 0.2) is 0 Å². The first-order chi connectivity index (χ1) is 4.69. The van der Waals surface area contributed by atoms with Gasteiger partial charge in [0.15, 0.2) is 6.29 Å². The lowest BCUT2D eigenvalue weighted by Crippen LogP contribution is -2.42. The van der Waals surface area contributed by atoms with E-state index in [-0.39, 0.29) is 6.79 Å². The summed E-state index contributed by atoms with van der Waals surface area (Å²) < 4.78 is 14.7. The van der Waals surface area contributed by atoms with Crippen LogP contribution in [0.25, 0.3) is 0 Å². The second-order valence-corrected chi connectivity index (χ2v) is 2.51. The Kier molecular flexibility index (Phi) is 2.25. The van der Waals surface area contributed by atoms with Gasteiger partial charge in [-0.3, -0.25) is 0 Å². The van der Waals surface area contributed by atoms with Gasteiger partial charge in [0, 0.05) is 7.11 Å². The summed E-state index contributed by atoms with van der Waals surface area (Å²) in [6, 6.07) is 0. The van der Waals surface area contributed by atoms with Crippen LogP contribution in [0.2, 0.25) is 0 Å². The van der Waals surface area contributed by atoms with Crippen LogP contribution < -0.4 is 0 Å². The second kappa shape index (κ2) is 2.84. The van der Waals surface area contributed by atoms with Crippen molar-refractivity contribution in [3.63, 3.8) is 0 Å². The molecule has 60 valence electrons. The molecule has 1 heterocycles. The van der Waals surface area contributed by atoms with E-state index in [2.05, 4.69) is 4.74 Å². The molecule has 0 amide bonds. The molecule has 10 heavy (non-hydrogen) atoms. The average molecular weight is 148 g/mol. The van der Waals surface area contributed by atoms with Gasteiger partial charge in [-0.2, -0.15) is 0 Å². The van der Waals surface area contributed by atoms with Crippen LogP contribution in [0.3, 0.4) is 0 Å². The molecule has 0 aromatic rings. The third kappa shape index (κ3) is 1.29. The molecule has 4 nitrogen and oxygen atoms in total. The molecule has 0 bridgehead atoms. The summed E-state index contributed by atoms with van der Waals surface area (Å²) in [5.74, 6) is 0. The van der Waals surface area contributed by atoms with Gasteiger partial charge in [0.25, 0.3) is 0 Å². The SMILES string of the molecule is COC(O)C1(C)COCO1. The lowest BCUT2D eigenvalue weighted by molar-refractivity contribution is -0.191. The van der Waals surface area contributed by atoms with E-state index in [0.717, 1.165) is 0 Å². The fourth-order valence-electron chi connectivity index (χ4n) is 0.854. The number of aliphatic hydroxyl groups excluding tert-OH is 1. The highest BCUT2D eigenvalue weighted by molar-refractivity contribution is 4.80. The first-order valence-corrected chi connectivity index (χ1v) is 3.11. The fourth-order valence-corrected chi connectivity index (χ4v) is 0.854. The Bertz CT molecular complexity index is 108. The largest absolute Gasteiger partial charge is 0.366 e. The van der Waals surface area contributed by atoms with Crippen molar-refractivity contribution in [1.29, 1.82) is 0 Å². The lowest BCUT2D eigenvalue weighted by atomic mass is 10.1. The van der Waals surface area contributed by atoms with Crippen LogP contribution in [-0.2, 0) is 14.2 Å². The van der Waals surface area contributed by atoms with Gasteiger partial charge in [-0.15, -0.1) is 0 Å². The Labute approximate surface area is 59.7 Å². The molecular formula is C6H12O4. The molecule has 0 aliphatic carbocycles. The zero-order chi connectivity index (χ0) is 7.61. The summed E-state index contributed by atoms with van der Waals surface area (Å²) >= 11 is 0. The summed E-state index contributed by atoms with van der Waals surface area (Å²) in [4.78, 5) is 0. The van der Waals surface area contributed by atoms with Crippen molar-refractivity contribution < 1.29 is 19.3 Å². The number of hydrogen-bond donors (Lipinski definition) is 1. The van der Waals surface area contributed by atoms with Gasteiger partial charge in [-0.1, -0.05) is 0 Å². The van der Waals surface area contributed by atoms with Gasteiger partial charge in [0.05, 0.1) is 6.61 Å². The Balaban J connectivity index is 2.49. The molecule has 1 saturated heterocycles. The number of ether oxygens (including phenoxy) is 3. The van der Waals surface area contributed by atoms with Crippen molar-refractivity contribution in [1.82, 2.24) is 0 Å². The highest BCUT2D eigenvalue weighted by atomic mass is 16.7. The highest BCUT2D eigenvalue weighted by Gasteiger charge is 2.38. The van der Waals surface area contributed by atoms with E-state index in [4.69, 9.17) is 9.47 Å². The number of methoxy groups -OCH3 is 1. The normalized spacial score (nSPS) is 36.3. The molecule has 4 heteroatoms. The molecule has 1 aliphatic heterocycles. The van der Waals surface area contributed by atoms with Gasteiger partial charge in [0.2, 0.25) is 0 Å². The second-order valence-electron chi connectivity index (χ2n) is 2.51. The standard InChI is InChI=1S/C6H12O4/c1-6(5(7)8-2)3-9-4-10-6/h5,7H,3-4H2,1-2H3. The zero-order valence-corrected chi connectivity index (χ0v) is 6.16. The molecular weight excluding hydrogens is 136 g/mol. The molecule has 0 aromatic heterocycles. The van der Waals surface area contributed by atoms with Gasteiger partial charge >= 0.3 is 0 Å². The Morgan fingerprint density at radius 1 is 1.70 bits per heavy atom. The quantitative estimate of drug-likeness (QED) is 0.547. The van der Waals surface area contributed by atoms with Crippen LogP contribution in [-0.4, -0.2) is 37.5 Å². The van der Waals surface area contributed by atoms with Gasteiger partial charge in [-0.25, -0.2) is 0 Å². The minimum atomic E-state index is -0.907. The van der Waals surface area contributed by atoms with Crippen molar-refractivity contribution in [2.45, 2.75) is 18.8 Å². The zero-order valence-electron chi connectivity index (χ0n) is 6.16. The molecule has 0 spiro atoms. The van der Waals surface area contributed by atoms with Crippen LogP contribution in [0.4, 0.5) is 0 Å². The Morgan fingerprint density at radius 3 is 2.80 bits per heavy atom. The maximum Gasteiger partial charge on any atom is 0.185 e. The maximum absolute atomic E-state index is 9.19. The van der Waals surface area contributed by atoms with Gasteiger partial charge in [-0.05, 0) is 6.92 Å². The van der Waals surface area contributed by atoms with E-state index in [1.807, 2.05) is 0 Å². The van der Waals surface area contributed by atoms with Gasteiger partial charge < -0.3 is 19.3 Å². The monoisotopic (exact) mass is 148 g/mol. The minimum Gasteiger partial charge on any atom is -0.366 e. The van der Waals surface area contributed by atoms with E-state index in [9.17, 15) is 5.11 Å². The van der Waals surface area contributed by atoms with E-state index in [0.29, 0.717) is 6.61 Å².